The number of primary amides is 1. The molecule has 0 unspecified atom stereocenters. The first-order valence-corrected chi connectivity index (χ1v) is 9.86. The van der Waals surface area contributed by atoms with E-state index in [-0.39, 0.29) is 17.5 Å². The van der Waals surface area contributed by atoms with E-state index in [1.54, 1.807) is 17.7 Å². The fourth-order valence-electron chi connectivity index (χ4n) is 4.18. The Morgan fingerprint density at radius 2 is 2.12 bits per heavy atom. The van der Waals surface area contributed by atoms with Gasteiger partial charge in [-0.25, -0.2) is 4.98 Å². The summed E-state index contributed by atoms with van der Waals surface area (Å²) in [6.45, 7) is 4.16. The van der Waals surface area contributed by atoms with Gasteiger partial charge in [0, 0.05) is 24.0 Å². The lowest BCUT2D eigenvalue weighted by Crippen LogP contribution is -2.41. The Labute approximate surface area is 150 Å². The number of likely N-dealkylation sites (tertiary alicyclic amines) is 1. The highest BCUT2D eigenvalue weighted by atomic mass is 32.1. The molecule has 4 rings (SSSR count). The molecule has 0 aromatic carbocycles. The number of hydrogen-bond donors (Lipinski definition) is 1. The Morgan fingerprint density at radius 3 is 2.84 bits per heavy atom. The van der Waals surface area contributed by atoms with Crippen LogP contribution in [0.15, 0.2) is 11.1 Å². The van der Waals surface area contributed by atoms with E-state index in [2.05, 4.69) is 16.8 Å². The van der Waals surface area contributed by atoms with Crippen LogP contribution < -0.4 is 11.3 Å². The van der Waals surface area contributed by atoms with Gasteiger partial charge in [0.2, 0.25) is 5.91 Å². The van der Waals surface area contributed by atoms with Gasteiger partial charge in [0.25, 0.3) is 5.56 Å². The fourth-order valence-corrected chi connectivity index (χ4v) is 5.52. The Balaban J connectivity index is 1.62. The zero-order valence-corrected chi connectivity index (χ0v) is 15.3. The molecule has 1 amide bonds. The molecule has 0 radical (unpaired) electrons. The summed E-state index contributed by atoms with van der Waals surface area (Å²) >= 11 is 1.70. The molecule has 1 aliphatic carbocycles. The van der Waals surface area contributed by atoms with Crippen molar-refractivity contribution in [3.8, 4) is 0 Å². The van der Waals surface area contributed by atoms with Gasteiger partial charge in [-0.1, -0.05) is 6.92 Å². The van der Waals surface area contributed by atoms with Gasteiger partial charge in [-0.05, 0) is 43.6 Å². The second-order valence-corrected chi connectivity index (χ2v) is 8.55. The summed E-state index contributed by atoms with van der Waals surface area (Å²) in [4.78, 5) is 33.1. The van der Waals surface area contributed by atoms with E-state index in [1.165, 1.54) is 10.4 Å². The smallest absolute Gasteiger partial charge is 0.262 e. The zero-order chi connectivity index (χ0) is 17.6. The minimum absolute atomic E-state index is 0.116. The lowest BCUT2D eigenvalue weighted by atomic mass is 9.89. The third-order valence-electron chi connectivity index (χ3n) is 5.57. The molecule has 1 aliphatic heterocycles. The normalized spacial score (nSPS) is 22.2. The molecule has 1 saturated heterocycles. The van der Waals surface area contributed by atoms with E-state index in [0.29, 0.717) is 12.5 Å². The number of thiophene rings is 1. The van der Waals surface area contributed by atoms with Gasteiger partial charge >= 0.3 is 0 Å². The minimum atomic E-state index is -0.294. The average Bonchev–Trinajstić information content (AvgIpc) is 2.94. The predicted molar refractivity (Wildman–Crippen MR) is 99.0 cm³/mol. The molecule has 3 heterocycles. The van der Waals surface area contributed by atoms with Crippen molar-refractivity contribution in [2.24, 2.45) is 11.7 Å². The van der Waals surface area contributed by atoms with Crippen molar-refractivity contribution < 1.29 is 4.79 Å². The van der Waals surface area contributed by atoms with Crippen molar-refractivity contribution in [3.05, 3.63) is 27.1 Å². The number of rotatable bonds is 3. The molecule has 0 spiro atoms. The van der Waals surface area contributed by atoms with Gasteiger partial charge in [-0.2, -0.15) is 0 Å². The topological polar surface area (TPSA) is 81.2 Å². The fraction of sp³-hybridized carbons (Fsp3) is 0.611. The number of piperidine rings is 1. The van der Waals surface area contributed by atoms with E-state index in [9.17, 15) is 9.59 Å². The Bertz CT molecular complexity index is 864. The number of amides is 1. The van der Waals surface area contributed by atoms with E-state index in [4.69, 9.17) is 5.73 Å². The molecule has 2 aromatic heterocycles. The first kappa shape index (κ1) is 16.7. The Kier molecular flexibility index (Phi) is 4.37. The molecular formula is C18H24N4O2S. The molecule has 1 fully saturated rings. The van der Waals surface area contributed by atoms with Gasteiger partial charge < -0.3 is 5.73 Å². The third-order valence-corrected chi connectivity index (χ3v) is 6.73. The van der Waals surface area contributed by atoms with Crippen molar-refractivity contribution in [1.29, 1.82) is 0 Å². The van der Waals surface area contributed by atoms with Crippen molar-refractivity contribution in [2.45, 2.75) is 45.1 Å². The van der Waals surface area contributed by atoms with Crippen LogP contribution in [-0.2, 0) is 17.6 Å². The number of hydrogen-bond acceptors (Lipinski definition) is 5. The van der Waals surface area contributed by atoms with Crippen LogP contribution >= 0.6 is 11.3 Å². The van der Waals surface area contributed by atoms with Crippen molar-refractivity contribution in [2.75, 3.05) is 19.6 Å². The van der Waals surface area contributed by atoms with E-state index in [0.717, 1.165) is 55.4 Å². The maximum absolute atomic E-state index is 13.1. The number of carbonyl (C=O) groups excluding carboxylic acids is 1. The van der Waals surface area contributed by atoms with E-state index in [1.807, 2.05) is 4.57 Å². The quantitative estimate of drug-likeness (QED) is 0.903. The first-order valence-electron chi connectivity index (χ1n) is 9.05. The number of carbonyl (C=O) groups is 1. The van der Waals surface area contributed by atoms with Crippen LogP contribution in [0, 0.1) is 5.92 Å². The maximum Gasteiger partial charge on any atom is 0.262 e. The molecule has 6 nitrogen and oxygen atoms in total. The summed E-state index contributed by atoms with van der Waals surface area (Å²) in [6.07, 6.45) is 6.65. The summed E-state index contributed by atoms with van der Waals surface area (Å²) in [7, 11) is 0. The van der Waals surface area contributed by atoms with Crippen LogP contribution in [0.1, 0.15) is 42.7 Å². The lowest BCUT2D eigenvalue weighted by molar-refractivity contribution is -0.119. The number of aromatic nitrogens is 2. The molecular weight excluding hydrogens is 336 g/mol. The number of nitrogens with two attached hydrogens (primary N) is 1. The van der Waals surface area contributed by atoms with Crippen molar-refractivity contribution in [1.82, 2.24) is 14.5 Å². The molecule has 1 atom stereocenters. The highest BCUT2D eigenvalue weighted by molar-refractivity contribution is 7.18. The maximum atomic E-state index is 13.1. The third kappa shape index (κ3) is 3.11. The summed E-state index contributed by atoms with van der Waals surface area (Å²) in [5.41, 5.74) is 6.64. The summed E-state index contributed by atoms with van der Waals surface area (Å²) < 4.78 is 1.83. The molecule has 7 heteroatoms. The number of aryl methyl sites for hydroxylation is 1. The van der Waals surface area contributed by atoms with Crippen LogP contribution in [0.25, 0.3) is 10.2 Å². The molecule has 2 aliphatic rings. The number of fused-ring (bicyclic) bond motifs is 3. The first-order chi connectivity index (χ1) is 12.0. The molecule has 134 valence electrons. The highest BCUT2D eigenvalue weighted by Gasteiger charge is 2.26. The van der Waals surface area contributed by atoms with E-state index < -0.39 is 0 Å². The van der Waals surface area contributed by atoms with Crippen LogP contribution in [0.4, 0.5) is 0 Å². The van der Waals surface area contributed by atoms with Gasteiger partial charge in [-0.3, -0.25) is 19.1 Å². The number of nitrogens with zero attached hydrogens (tertiary/aromatic N) is 3. The van der Waals surface area contributed by atoms with Gasteiger partial charge in [0.05, 0.1) is 18.3 Å². The predicted octanol–water partition coefficient (Wildman–Crippen LogP) is 1.70. The van der Waals surface area contributed by atoms with Crippen LogP contribution in [0.5, 0.6) is 0 Å². The molecule has 0 saturated carbocycles. The SMILES string of the molecule is C[C@H]1CCc2c(sc3ncn(C4CCN(CC(N)=O)CC4)c(=O)c23)C1. The van der Waals surface area contributed by atoms with Crippen LogP contribution in [0.3, 0.4) is 0 Å². The molecule has 2 aromatic rings. The average molecular weight is 360 g/mol. The summed E-state index contributed by atoms with van der Waals surface area (Å²) in [6, 6.07) is 0.159. The second kappa shape index (κ2) is 6.53. The van der Waals surface area contributed by atoms with Gasteiger partial charge in [-0.15, -0.1) is 11.3 Å². The highest BCUT2D eigenvalue weighted by Crippen LogP contribution is 2.36. The van der Waals surface area contributed by atoms with Crippen molar-refractivity contribution in [3.63, 3.8) is 0 Å². The lowest BCUT2D eigenvalue weighted by Gasteiger charge is -2.31. The summed E-state index contributed by atoms with van der Waals surface area (Å²) in [5, 5.41) is 0.856. The second-order valence-electron chi connectivity index (χ2n) is 7.46. The summed E-state index contributed by atoms with van der Waals surface area (Å²) in [5.74, 6) is 0.398. The Hall–Kier alpha value is -1.73. The molecule has 25 heavy (non-hydrogen) atoms. The van der Waals surface area contributed by atoms with Gasteiger partial charge in [0.15, 0.2) is 0 Å². The molecule has 0 bridgehead atoms. The monoisotopic (exact) mass is 360 g/mol. The van der Waals surface area contributed by atoms with Crippen LogP contribution in [0.2, 0.25) is 0 Å². The standard InChI is InChI=1S/C18H24N4O2S/c1-11-2-3-13-14(8-11)25-17-16(13)18(24)22(10-20-17)12-4-6-21(7-5-12)9-15(19)23/h10-12H,2-9H2,1H3,(H2,19,23)/t11-/m0/s1. The molecule has 2 N–H and O–H groups in total. The minimum Gasteiger partial charge on any atom is -0.369 e. The van der Waals surface area contributed by atoms with Crippen LogP contribution in [-0.4, -0.2) is 40.0 Å². The Morgan fingerprint density at radius 1 is 1.36 bits per heavy atom. The van der Waals surface area contributed by atoms with Crippen molar-refractivity contribution >= 4 is 27.5 Å². The van der Waals surface area contributed by atoms with Gasteiger partial charge in [0.1, 0.15) is 4.83 Å². The largest absolute Gasteiger partial charge is 0.369 e. The van der Waals surface area contributed by atoms with E-state index >= 15 is 0 Å². The zero-order valence-electron chi connectivity index (χ0n) is 14.5.